The van der Waals surface area contributed by atoms with Gasteiger partial charge in [-0.15, -0.1) is 0 Å². The van der Waals surface area contributed by atoms with Crippen molar-refractivity contribution in [1.82, 2.24) is 4.90 Å². The van der Waals surface area contributed by atoms with Gasteiger partial charge < -0.3 is 9.64 Å². The molecule has 0 heterocycles. The van der Waals surface area contributed by atoms with Crippen LogP contribution in [0.5, 0.6) is 5.75 Å². The van der Waals surface area contributed by atoms with Gasteiger partial charge >= 0.3 is 0 Å². The van der Waals surface area contributed by atoms with Crippen LogP contribution in [0.4, 0.5) is 0 Å². The lowest BCUT2D eigenvalue weighted by atomic mass is 10.0. The number of rotatable bonds is 7. The van der Waals surface area contributed by atoms with Gasteiger partial charge in [-0.05, 0) is 44.0 Å². The van der Waals surface area contributed by atoms with Crippen molar-refractivity contribution in [3.8, 4) is 5.75 Å². The van der Waals surface area contributed by atoms with E-state index in [0.29, 0.717) is 12.1 Å². The highest BCUT2D eigenvalue weighted by atomic mass is 16.5. The predicted molar refractivity (Wildman–Crippen MR) is 104 cm³/mol. The number of amides is 1. The van der Waals surface area contributed by atoms with Crippen molar-refractivity contribution in [2.45, 2.75) is 40.2 Å². The summed E-state index contributed by atoms with van der Waals surface area (Å²) >= 11 is 0. The molecule has 0 saturated carbocycles. The first-order valence-corrected chi connectivity index (χ1v) is 8.79. The molecule has 0 fully saturated rings. The van der Waals surface area contributed by atoms with E-state index in [1.54, 1.807) is 19.1 Å². The van der Waals surface area contributed by atoms with Crippen LogP contribution in [0.25, 0.3) is 0 Å². The van der Waals surface area contributed by atoms with E-state index in [4.69, 9.17) is 4.74 Å². The number of aryl methyl sites for hydroxylation is 3. The van der Waals surface area contributed by atoms with E-state index in [1.807, 2.05) is 57.2 Å². The number of benzene rings is 2. The van der Waals surface area contributed by atoms with Gasteiger partial charge in [0.2, 0.25) is 5.91 Å². The van der Waals surface area contributed by atoms with E-state index in [-0.39, 0.29) is 24.5 Å². The summed E-state index contributed by atoms with van der Waals surface area (Å²) in [4.78, 5) is 26.4. The van der Waals surface area contributed by atoms with Gasteiger partial charge in [-0.3, -0.25) is 9.59 Å². The van der Waals surface area contributed by atoms with Crippen molar-refractivity contribution < 1.29 is 14.3 Å². The zero-order valence-electron chi connectivity index (χ0n) is 16.3. The number of carbonyl (C=O) groups excluding carboxylic acids is 2. The summed E-state index contributed by atoms with van der Waals surface area (Å²) in [5.41, 5.74) is 5.00. The summed E-state index contributed by atoms with van der Waals surface area (Å²) in [6.45, 7) is 6.47. The molecule has 0 radical (unpaired) electrons. The molecule has 1 amide bonds. The van der Waals surface area contributed by atoms with Crippen molar-refractivity contribution in [3.63, 3.8) is 0 Å². The molecule has 138 valence electrons. The van der Waals surface area contributed by atoms with Crippen molar-refractivity contribution in [2.24, 2.45) is 0 Å². The molecule has 26 heavy (non-hydrogen) atoms. The molecule has 0 unspecified atom stereocenters. The fourth-order valence-corrected chi connectivity index (χ4v) is 2.85. The van der Waals surface area contributed by atoms with E-state index >= 15 is 0 Å². The Kier molecular flexibility index (Phi) is 6.56. The van der Waals surface area contributed by atoms with Gasteiger partial charge in [0.1, 0.15) is 5.75 Å². The topological polar surface area (TPSA) is 46.6 Å². The minimum atomic E-state index is -0.0502. The summed E-state index contributed by atoms with van der Waals surface area (Å²) in [6.07, 6.45) is 0.424. The second kappa shape index (κ2) is 8.65. The van der Waals surface area contributed by atoms with Crippen LogP contribution in [0.1, 0.15) is 45.5 Å². The van der Waals surface area contributed by atoms with E-state index in [9.17, 15) is 9.59 Å². The highest BCUT2D eigenvalue weighted by molar-refractivity contribution is 5.98. The second-order valence-corrected chi connectivity index (χ2v) is 6.79. The normalized spacial score (nSPS) is 10.5. The highest BCUT2D eigenvalue weighted by Crippen LogP contribution is 2.21. The zero-order chi connectivity index (χ0) is 19.3. The molecule has 0 aliphatic rings. The van der Waals surface area contributed by atoms with Crippen LogP contribution < -0.4 is 4.74 Å². The van der Waals surface area contributed by atoms with E-state index in [0.717, 1.165) is 28.0 Å². The molecule has 2 rings (SSSR count). The van der Waals surface area contributed by atoms with Crippen molar-refractivity contribution in [1.29, 1.82) is 0 Å². The van der Waals surface area contributed by atoms with E-state index < -0.39 is 0 Å². The Morgan fingerprint density at radius 2 is 1.69 bits per heavy atom. The minimum Gasteiger partial charge on any atom is -0.496 e. The molecule has 2 aromatic carbocycles. The predicted octanol–water partition coefficient (Wildman–Crippen LogP) is 4.24. The minimum absolute atomic E-state index is 0.00276. The monoisotopic (exact) mass is 353 g/mol. The van der Waals surface area contributed by atoms with Gasteiger partial charge in [0.15, 0.2) is 5.78 Å². The first-order chi connectivity index (χ1) is 12.3. The number of ketones is 1. The third kappa shape index (κ3) is 4.94. The molecule has 2 aromatic rings. The van der Waals surface area contributed by atoms with Gasteiger partial charge in [0, 0.05) is 37.6 Å². The molecule has 0 bridgehead atoms. The van der Waals surface area contributed by atoms with Crippen LogP contribution in [-0.2, 0) is 11.3 Å². The fraction of sp³-hybridized carbons (Fsp3) is 0.364. The number of methoxy groups -OCH3 is 1. The number of nitrogens with zero attached hydrogens (tertiary/aromatic N) is 1. The molecule has 0 N–H and O–H groups in total. The number of ether oxygens (including phenoxy) is 1. The summed E-state index contributed by atoms with van der Waals surface area (Å²) in [5.74, 6) is 0.718. The molecule has 0 saturated heterocycles. The van der Waals surface area contributed by atoms with Gasteiger partial charge in [0.05, 0.1) is 7.11 Å². The third-order valence-corrected chi connectivity index (χ3v) is 4.66. The Morgan fingerprint density at radius 3 is 2.35 bits per heavy atom. The van der Waals surface area contributed by atoms with Crippen LogP contribution in [0.3, 0.4) is 0 Å². The Labute approximate surface area is 155 Å². The standard InChI is InChI=1S/C22H27NO3/c1-15-6-10-21(26-5)19(12-15)14-23(4)22(25)11-9-20(24)18-8-7-16(2)17(3)13-18/h6-8,10,12-13H,9,11,14H2,1-5H3. The molecule has 0 aromatic heterocycles. The van der Waals surface area contributed by atoms with Crippen LogP contribution in [-0.4, -0.2) is 30.7 Å². The maximum absolute atomic E-state index is 12.4. The number of Topliss-reactive ketones (excluding diaryl/α,β-unsaturated/α-hetero) is 1. The maximum Gasteiger partial charge on any atom is 0.223 e. The molecule has 4 nitrogen and oxygen atoms in total. The summed E-state index contributed by atoms with van der Waals surface area (Å²) < 4.78 is 5.37. The Morgan fingerprint density at radius 1 is 0.962 bits per heavy atom. The largest absolute Gasteiger partial charge is 0.496 e. The SMILES string of the molecule is COc1ccc(C)cc1CN(C)C(=O)CCC(=O)c1ccc(C)c(C)c1. The van der Waals surface area contributed by atoms with Gasteiger partial charge in [-0.2, -0.15) is 0 Å². The van der Waals surface area contributed by atoms with E-state index in [2.05, 4.69) is 0 Å². The lowest BCUT2D eigenvalue weighted by molar-refractivity contribution is -0.130. The Bertz CT molecular complexity index is 811. The lowest BCUT2D eigenvalue weighted by Gasteiger charge is -2.19. The van der Waals surface area contributed by atoms with Crippen molar-refractivity contribution >= 4 is 11.7 Å². The van der Waals surface area contributed by atoms with Crippen LogP contribution >= 0.6 is 0 Å². The molecular formula is C22H27NO3. The lowest BCUT2D eigenvalue weighted by Crippen LogP contribution is -2.26. The first kappa shape index (κ1) is 19.7. The Hall–Kier alpha value is -2.62. The second-order valence-electron chi connectivity index (χ2n) is 6.79. The quantitative estimate of drug-likeness (QED) is 0.700. The average molecular weight is 353 g/mol. The third-order valence-electron chi connectivity index (χ3n) is 4.66. The average Bonchev–Trinajstić information content (AvgIpc) is 2.61. The van der Waals surface area contributed by atoms with Gasteiger partial charge in [0.25, 0.3) is 0 Å². The summed E-state index contributed by atoms with van der Waals surface area (Å²) in [6, 6.07) is 11.6. The Balaban J connectivity index is 1.96. The highest BCUT2D eigenvalue weighted by Gasteiger charge is 2.15. The molecule has 0 aliphatic heterocycles. The smallest absolute Gasteiger partial charge is 0.223 e. The van der Waals surface area contributed by atoms with Crippen LogP contribution in [0.15, 0.2) is 36.4 Å². The molecular weight excluding hydrogens is 326 g/mol. The van der Waals surface area contributed by atoms with Crippen molar-refractivity contribution in [3.05, 3.63) is 64.2 Å². The number of carbonyl (C=O) groups is 2. The molecule has 4 heteroatoms. The fourth-order valence-electron chi connectivity index (χ4n) is 2.85. The van der Waals surface area contributed by atoms with E-state index in [1.165, 1.54) is 0 Å². The molecule has 0 aliphatic carbocycles. The molecule has 0 spiro atoms. The van der Waals surface area contributed by atoms with Gasteiger partial charge in [-0.1, -0.05) is 29.8 Å². The zero-order valence-corrected chi connectivity index (χ0v) is 16.3. The van der Waals surface area contributed by atoms with Gasteiger partial charge in [-0.25, -0.2) is 0 Å². The van der Waals surface area contributed by atoms with Crippen molar-refractivity contribution in [2.75, 3.05) is 14.2 Å². The number of hydrogen-bond acceptors (Lipinski definition) is 3. The summed E-state index contributed by atoms with van der Waals surface area (Å²) in [7, 11) is 3.38. The maximum atomic E-state index is 12.4. The first-order valence-electron chi connectivity index (χ1n) is 8.79. The number of hydrogen-bond donors (Lipinski definition) is 0. The molecule has 0 atom stereocenters. The van der Waals surface area contributed by atoms with Crippen LogP contribution in [0.2, 0.25) is 0 Å². The summed E-state index contributed by atoms with van der Waals surface area (Å²) in [5, 5.41) is 0. The van der Waals surface area contributed by atoms with Crippen LogP contribution in [0, 0.1) is 20.8 Å².